The highest BCUT2D eigenvalue weighted by molar-refractivity contribution is 5.93. The van der Waals surface area contributed by atoms with Crippen molar-refractivity contribution in [3.05, 3.63) is 47.3 Å². The number of carbonyl (C=O) groups excluding carboxylic acids is 1. The smallest absolute Gasteiger partial charge is 0.291 e. The highest BCUT2D eigenvalue weighted by Crippen LogP contribution is 2.60. The molecule has 4 aliphatic carbocycles. The lowest BCUT2D eigenvalue weighted by molar-refractivity contribution is -0.00721. The van der Waals surface area contributed by atoms with Crippen LogP contribution >= 0.6 is 0 Å². The number of hydrogen-bond acceptors (Lipinski definition) is 4. The minimum absolute atomic E-state index is 0.209. The van der Waals surface area contributed by atoms with Crippen LogP contribution in [0.4, 0.5) is 0 Å². The molecule has 4 aliphatic rings. The van der Waals surface area contributed by atoms with E-state index in [0.717, 1.165) is 29.0 Å². The molecule has 1 aromatic heterocycles. The van der Waals surface area contributed by atoms with Gasteiger partial charge in [-0.25, -0.2) is 5.43 Å². The zero-order valence-corrected chi connectivity index (χ0v) is 16.1. The molecule has 1 amide bonds. The minimum Gasteiger partial charge on any atom is -0.496 e. The molecule has 0 saturated heterocycles. The van der Waals surface area contributed by atoms with E-state index in [0.29, 0.717) is 11.4 Å². The van der Waals surface area contributed by atoms with Crippen LogP contribution in [0.3, 0.4) is 0 Å². The molecule has 6 nitrogen and oxygen atoms in total. The molecule has 4 bridgehead atoms. The SMILES string of the molecule is COc1ccccc1/C=N\NC(=O)c1cc(C23CC4CC(CC(C4)C2)C3)[nH]n1. The summed E-state index contributed by atoms with van der Waals surface area (Å²) in [5.41, 5.74) is 5.14. The fraction of sp³-hybridized carbons (Fsp3) is 0.500. The van der Waals surface area contributed by atoms with E-state index in [2.05, 4.69) is 20.7 Å². The van der Waals surface area contributed by atoms with Crippen molar-refractivity contribution in [2.24, 2.45) is 22.9 Å². The van der Waals surface area contributed by atoms with Crippen LogP contribution in [0.15, 0.2) is 35.4 Å². The number of aromatic amines is 1. The van der Waals surface area contributed by atoms with Crippen LogP contribution in [0.2, 0.25) is 0 Å². The topological polar surface area (TPSA) is 79.4 Å². The van der Waals surface area contributed by atoms with Crippen molar-refractivity contribution in [3.63, 3.8) is 0 Å². The van der Waals surface area contributed by atoms with Crippen LogP contribution in [-0.2, 0) is 5.41 Å². The Bertz CT molecular complexity index is 881. The van der Waals surface area contributed by atoms with Crippen LogP contribution in [0.25, 0.3) is 0 Å². The van der Waals surface area contributed by atoms with E-state index >= 15 is 0 Å². The maximum atomic E-state index is 12.5. The fourth-order valence-electron chi connectivity index (χ4n) is 6.14. The summed E-state index contributed by atoms with van der Waals surface area (Å²) in [6.45, 7) is 0. The van der Waals surface area contributed by atoms with Gasteiger partial charge in [-0.05, 0) is 74.5 Å². The molecule has 146 valence electrons. The fourth-order valence-corrected chi connectivity index (χ4v) is 6.14. The molecular weight excluding hydrogens is 352 g/mol. The molecule has 0 atom stereocenters. The summed E-state index contributed by atoms with van der Waals surface area (Å²) in [6, 6.07) is 9.48. The number of hydrogen-bond donors (Lipinski definition) is 2. The Morgan fingerprint density at radius 3 is 2.57 bits per heavy atom. The molecule has 0 radical (unpaired) electrons. The summed E-state index contributed by atoms with van der Waals surface area (Å²) in [6.07, 6.45) is 9.52. The number of H-pyrrole nitrogens is 1. The van der Waals surface area contributed by atoms with Crippen molar-refractivity contribution in [2.75, 3.05) is 7.11 Å². The molecule has 0 aliphatic heterocycles. The molecule has 4 saturated carbocycles. The molecular formula is C22H26N4O2. The lowest BCUT2D eigenvalue weighted by atomic mass is 9.49. The van der Waals surface area contributed by atoms with Crippen LogP contribution in [0.5, 0.6) is 5.75 Å². The summed E-state index contributed by atoms with van der Waals surface area (Å²) in [4.78, 5) is 12.5. The number of nitrogens with one attached hydrogen (secondary N) is 2. The van der Waals surface area contributed by atoms with Gasteiger partial charge in [0.05, 0.1) is 13.3 Å². The number of para-hydroxylation sites is 1. The number of amides is 1. The van der Waals surface area contributed by atoms with Crippen molar-refractivity contribution in [1.29, 1.82) is 0 Å². The van der Waals surface area contributed by atoms with Crippen molar-refractivity contribution in [2.45, 2.75) is 43.9 Å². The zero-order valence-electron chi connectivity index (χ0n) is 16.1. The lowest BCUT2D eigenvalue weighted by Gasteiger charge is -2.56. The van der Waals surface area contributed by atoms with Gasteiger partial charge < -0.3 is 4.74 Å². The number of nitrogens with zero attached hydrogens (tertiary/aromatic N) is 2. The molecule has 0 unspecified atom stereocenters. The van der Waals surface area contributed by atoms with E-state index in [1.807, 2.05) is 30.3 Å². The highest BCUT2D eigenvalue weighted by atomic mass is 16.5. The molecule has 6 heteroatoms. The monoisotopic (exact) mass is 378 g/mol. The van der Waals surface area contributed by atoms with E-state index in [9.17, 15) is 4.79 Å². The Balaban J connectivity index is 1.29. The van der Waals surface area contributed by atoms with Gasteiger partial charge in [-0.2, -0.15) is 10.2 Å². The summed E-state index contributed by atoms with van der Waals surface area (Å²) < 4.78 is 5.29. The molecule has 4 fully saturated rings. The number of carbonyl (C=O) groups is 1. The summed E-state index contributed by atoms with van der Waals surface area (Å²) >= 11 is 0. The van der Waals surface area contributed by atoms with Gasteiger partial charge in [0.2, 0.25) is 0 Å². The Labute approximate surface area is 164 Å². The number of methoxy groups -OCH3 is 1. The maximum absolute atomic E-state index is 12.5. The predicted octanol–water partition coefficient (Wildman–Crippen LogP) is 3.65. The first kappa shape index (κ1) is 17.5. The van der Waals surface area contributed by atoms with Gasteiger partial charge in [0.15, 0.2) is 5.69 Å². The van der Waals surface area contributed by atoms with Crippen molar-refractivity contribution < 1.29 is 9.53 Å². The number of benzene rings is 1. The van der Waals surface area contributed by atoms with Gasteiger partial charge in [-0.15, -0.1) is 0 Å². The van der Waals surface area contributed by atoms with Gasteiger partial charge in [0.25, 0.3) is 5.91 Å². The number of aromatic nitrogens is 2. The second kappa shape index (κ2) is 6.76. The minimum atomic E-state index is -0.293. The quantitative estimate of drug-likeness (QED) is 0.616. The van der Waals surface area contributed by atoms with Gasteiger partial charge in [-0.1, -0.05) is 12.1 Å². The van der Waals surface area contributed by atoms with E-state index in [4.69, 9.17) is 4.74 Å². The Kier molecular flexibility index (Phi) is 4.22. The third-order valence-corrected chi connectivity index (χ3v) is 6.93. The second-order valence-corrected chi connectivity index (χ2v) is 8.81. The van der Waals surface area contributed by atoms with E-state index in [1.165, 1.54) is 38.5 Å². The average molecular weight is 378 g/mol. The van der Waals surface area contributed by atoms with Gasteiger partial charge >= 0.3 is 0 Å². The van der Waals surface area contributed by atoms with E-state index < -0.39 is 0 Å². The van der Waals surface area contributed by atoms with Gasteiger partial charge in [0.1, 0.15) is 5.75 Å². The molecule has 2 aromatic rings. The molecule has 0 spiro atoms. The van der Waals surface area contributed by atoms with Crippen LogP contribution in [0.1, 0.15) is 60.3 Å². The lowest BCUT2D eigenvalue weighted by Crippen LogP contribution is -2.48. The maximum Gasteiger partial charge on any atom is 0.291 e. The van der Waals surface area contributed by atoms with Crippen molar-refractivity contribution in [1.82, 2.24) is 15.6 Å². The van der Waals surface area contributed by atoms with Gasteiger partial charge in [0, 0.05) is 16.7 Å². The van der Waals surface area contributed by atoms with E-state index in [-0.39, 0.29) is 11.3 Å². The number of hydrazone groups is 1. The largest absolute Gasteiger partial charge is 0.496 e. The second-order valence-electron chi connectivity index (χ2n) is 8.81. The predicted molar refractivity (Wildman–Crippen MR) is 106 cm³/mol. The summed E-state index contributed by atoms with van der Waals surface area (Å²) in [7, 11) is 1.61. The third-order valence-electron chi connectivity index (χ3n) is 6.93. The van der Waals surface area contributed by atoms with Crippen LogP contribution < -0.4 is 10.2 Å². The highest BCUT2D eigenvalue weighted by Gasteiger charge is 2.52. The molecule has 1 aromatic carbocycles. The first-order valence-corrected chi connectivity index (χ1v) is 10.2. The zero-order chi connectivity index (χ0) is 19.1. The van der Waals surface area contributed by atoms with E-state index in [1.54, 1.807) is 13.3 Å². The number of rotatable bonds is 5. The first-order valence-electron chi connectivity index (χ1n) is 10.2. The summed E-state index contributed by atoms with van der Waals surface area (Å²) in [5, 5.41) is 11.6. The Morgan fingerprint density at radius 1 is 1.21 bits per heavy atom. The Morgan fingerprint density at radius 2 is 1.89 bits per heavy atom. The first-order chi connectivity index (χ1) is 13.6. The third kappa shape index (κ3) is 3.01. The van der Waals surface area contributed by atoms with Crippen LogP contribution in [-0.4, -0.2) is 29.4 Å². The van der Waals surface area contributed by atoms with Crippen LogP contribution in [0, 0.1) is 17.8 Å². The van der Waals surface area contributed by atoms with Gasteiger partial charge in [-0.3, -0.25) is 9.89 Å². The molecule has 28 heavy (non-hydrogen) atoms. The number of ether oxygens (including phenoxy) is 1. The molecule has 6 rings (SSSR count). The molecule has 1 heterocycles. The standard InChI is InChI=1S/C22H26N4O2/c1-28-19-5-3-2-4-17(19)13-23-26-21(27)18-9-20(25-24-18)22-10-14-6-15(11-22)8-16(7-14)12-22/h2-5,9,13-16H,6-8,10-12H2,1H3,(H,24,25)(H,26,27)/b23-13-. The van der Waals surface area contributed by atoms with Crippen molar-refractivity contribution >= 4 is 12.1 Å². The molecule has 2 N–H and O–H groups in total. The van der Waals surface area contributed by atoms with Crippen molar-refractivity contribution in [3.8, 4) is 5.75 Å². The normalized spacial score (nSPS) is 30.7. The average Bonchev–Trinajstić information content (AvgIpc) is 3.18. The Hall–Kier alpha value is -2.63. The summed E-state index contributed by atoms with van der Waals surface area (Å²) in [5.74, 6) is 2.99.